The second-order valence-corrected chi connectivity index (χ2v) is 15.0. The smallest absolute Gasteiger partial charge is 0.280 e. The zero-order valence-electron chi connectivity index (χ0n) is 28.9. The van der Waals surface area contributed by atoms with Gasteiger partial charge in [-0.05, 0) is 47.9 Å². The molecule has 0 aromatic heterocycles. The fourth-order valence-corrected chi connectivity index (χ4v) is 8.72. The Labute approximate surface area is 295 Å². The van der Waals surface area contributed by atoms with E-state index in [4.69, 9.17) is 9.47 Å². The molecule has 2 unspecified atom stereocenters. The molecule has 48 heavy (non-hydrogen) atoms. The number of carbonyl (C=O) groups excluding carboxylic acids is 2. The summed E-state index contributed by atoms with van der Waals surface area (Å²) in [6.45, 7) is 10.8. The van der Waals surface area contributed by atoms with Gasteiger partial charge in [-0.2, -0.15) is 0 Å². The molecular weight excluding hydrogens is 637 g/mol. The summed E-state index contributed by atoms with van der Waals surface area (Å²) >= 11 is 2.94. The van der Waals surface area contributed by atoms with E-state index in [9.17, 15) is 9.59 Å². The molecule has 2 aliphatic rings. The van der Waals surface area contributed by atoms with Crippen molar-refractivity contribution in [3.63, 3.8) is 0 Å². The third-order valence-corrected chi connectivity index (χ3v) is 11.8. The monoisotopic (exact) mass is 686 g/mol. The lowest BCUT2D eigenvalue weighted by Crippen LogP contribution is -2.39. The van der Waals surface area contributed by atoms with Gasteiger partial charge in [-0.15, -0.1) is 0 Å². The van der Waals surface area contributed by atoms with Gasteiger partial charge in [-0.1, -0.05) is 150 Å². The largest absolute Gasteiger partial charge is 0.492 e. The van der Waals surface area contributed by atoms with E-state index in [2.05, 4.69) is 27.7 Å². The SMILES string of the molecule is CCCCC(CC)COc1ccc(OCC(CC)CCCC)c2c1SC(=C1C(=O)N(Cc3ccccc3)N(Cc3ccccc3)C1=O)S2. The lowest BCUT2D eigenvalue weighted by molar-refractivity contribution is -0.149. The van der Waals surface area contributed by atoms with Crippen molar-refractivity contribution in [3.8, 4) is 11.5 Å². The van der Waals surface area contributed by atoms with Gasteiger partial charge in [0.2, 0.25) is 0 Å². The fraction of sp³-hybridized carbons (Fsp3) is 0.450. The Balaban J connectivity index is 1.47. The lowest BCUT2D eigenvalue weighted by Gasteiger charge is -2.27. The van der Waals surface area contributed by atoms with Crippen LogP contribution in [0.3, 0.4) is 0 Å². The molecule has 2 aliphatic heterocycles. The zero-order chi connectivity index (χ0) is 33.9. The molecule has 256 valence electrons. The summed E-state index contributed by atoms with van der Waals surface area (Å²) in [6.07, 6.45) is 9.12. The molecule has 0 N–H and O–H groups in total. The first-order valence-electron chi connectivity index (χ1n) is 17.7. The van der Waals surface area contributed by atoms with E-state index in [1.807, 2.05) is 72.8 Å². The normalized spacial score (nSPS) is 15.7. The summed E-state index contributed by atoms with van der Waals surface area (Å²) in [7, 11) is 0. The predicted octanol–water partition coefficient (Wildman–Crippen LogP) is 10.3. The van der Waals surface area contributed by atoms with Gasteiger partial charge in [0.05, 0.1) is 40.3 Å². The molecule has 0 radical (unpaired) electrons. The van der Waals surface area contributed by atoms with Gasteiger partial charge in [0, 0.05) is 0 Å². The van der Waals surface area contributed by atoms with Gasteiger partial charge in [-0.3, -0.25) is 9.59 Å². The Bertz CT molecular complexity index is 1430. The van der Waals surface area contributed by atoms with E-state index in [1.165, 1.54) is 49.2 Å². The number of unbranched alkanes of at least 4 members (excludes halogenated alkanes) is 2. The number of hydrogen-bond donors (Lipinski definition) is 0. The van der Waals surface area contributed by atoms with Crippen LogP contribution >= 0.6 is 23.5 Å². The number of rotatable bonds is 18. The Morgan fingerprint density at radius 2 is 1.02 bits per heavy atom. The highest BCUT2D eigenvalue weighted by Crippen LogP contribution is 2.59. The van der Waals surface area contributed by atoms with Gasteiger partial charge < -0.3 is 9.47 Å². The molecule has 2 heterocycles. The molecule has 0 aliphatic carbocycles. The molecule has 5 rings (SSSR count). The van der Waals surface area contributed by atoms with E-state index >= 15 is 0 Å². The number of thioether (sulfide) groups is 2. The quantitative estimate of drug-likeness (QED) is 0.0981. The molecule has 2 atom stereocenters. The summed E-state index contributed by atoms with van der Waals surface area (Å²) in [5.41, 5.74) is 2.15. The van der Waals surface area contributed by atoms with Gasteiger partial charge in [-0.25, -0.2) is 10.0 Å². The number of fused-ring (bicyclic) bond motifs is 1. The number of carbonyl (C=O) groups is 2. The highest BCUT2D eigenvalue weighted by atomic mass is 32.2. The molecule has 6 nitrogen and oxygen atoms in total. The minimum atomic E-state index is -0.274. The Hall–Kier alpha value is -3.36. The fourth-order valence-electron chi connectivity index (χ4n) is 6.04. The Kier molecular flexibility index (Phi) is 13.4. The first-order valence-corrected chi connectivity index (χ1v) is 19.3. The summed E-state index contributed by atoms with van der Waals surface area (Å²) in [5.74, 6) is 1.99. The topological polar surface area (TPSA) is 59.1 Å². The maximum absolute atomic E-state index is 14.3. The van der Waals surface area contributed by atoms with E-state index in [0.717, 1.165) is 58.1 Å². The van der Waals surface area contributed by atoms with Crippen molar-refractivity contribution in [2.24, 2.45) is 11.8 Å². The molecule has 2 amide bonds. The van der Waals surface area contributed by atoms with Crippen molar-refractivity contribution in [1.29, 1.82) is 0 Å². The Morgan fingerprint density at radius 3 is 1.40 bits per heavy atom. The molecule has 1 saturated heterocycles. The summed E-state index contributed by atoms with van der Waals surface area (Å²) < 4.78 is 13.7. The zero-order valence-corrected chi connectivity index (χ0v) is 30.5. The number of benzene rings is 3. The first kappa shape index (κ1) is 35.9. The summed E-state index contributed by atoms with van der Waals surface area (Å²) in [4.78, 5) is 30.4. The molecule has 1 fully saturated rings. The summed E-state index contributed by atoms with van der Waals surface area (Å²) in [5, 5.41) is 3.20. The molecular formula is C40H50N2O4S2. The van der Waals surface area contributed by atoms with Crippen LogP contribution in [-0.4, -0.2) is 35.0 Å². The van der Waals surface area contributed by atoms with Gasteiger partial charge in [0.15, 0.2) is 0 Å². The third-order valence-electron chi connectivity index (χ3n) is 9.21. The summed E-state index contributed by atoms with van der Waals surface area (Å²) in [6, 6.07) is 23.7. The molecule has 0 saturated carbocycles. The van der Waals surface area contributed by atoms with Crippen molar-refractivity contribution < 1.29 is 19.1 Å². The van der Waals surface area contributed by atoms with E-state index in [-0.39, 0.29) is 17.4 Å². The van der Waals surface area contributed by atoms with Crippen molar-refractivity contribution in [2.45, 2.75) is 102 Å². The molecule has 0 spiro atoms. The number of ether oxygens (including phenoxy) is 2. The maximum Gasteiger partial charge on any atom is 0.280 e. The minimum absolute atomic E-state index is 0.216. The van der Waals surface area contributed by atoms with Crippen LogP contribution in [-0.2, 0) is 22.7 Å². The molecule has 8 heteroatoms. The lowest BCUT2D eigenvalue weighted by atomic mass is 10.0. The highest BCUT2D eigenvalue weighted by molar-refractivity contribution is 8.25. The predicted molar refractivity (Wildman–Crippen MR) is 197 cm³/mol. The van der Waals surface area contributed by atoms with Crippen LogP contribution in [0.1, 0.15) is 90.2 Å². The standard InChI is InChI=1S/C40H50N2O4S2/c1-5-9-17-29(7-3)27-45-33-23-24-34(46-28-30(8-4)18-10-6-2)37-36(33)47-40(48-37)35-38(43)41(25-31-19-13-11-14-20-31)42(39(35)44)26-32-21-15-12-16-22-32/h11-16,19-24,29-30H,5-10,17-18,25-28H2,1-4H3. The first-order chi connectivity index (χ1) is 23.5. The number of nitrogens with zero attached hydrogens (tertiary/aromatic N) is 2. The van der Waals surface area contributed by atoms with Crippen molar-refractivity contribution in [1.82, 2.24) is 10.0 Å². The van der Waals surface area contributed by atoms with Crippen molar-refractivity contribution in [3.05, 3.63) is 93.7 Å². The van der Waals surface area contributed by atoms with Crippen molar-refractivity contribution >= 4 is 35.3 Å². The number of hydrazine groups is 1. The average molecular weight is 687 g/mol. The van der Waals surface area contributed by atoms with Gasteiger partial charge in [0.25, 0.3) is 11.8 Å². The van der Waals surface area contributed by atoms with Crippen molar-refractivity contribution in [2.75, 3.05) is 13.2 Å². The Morgan fingerprint density at radius 1 is 0.604 bits per heavy atom. The van der Waals surface area contributed by atoms with E-state index in [1.54, 1.807) is 10.0 Å². The second kappa shape index (κ2) is 17.9. The minimum Gasteiger partial charge on any atom is -0.492 e. The number of amides is 2. The van der Waals surface area contributed by atoms with E-state index < -0.39 is 0 Å². The van der Waals surface area contributed by atoms with Gasteiger partial charge in [0.1, 0.15) is 17.1 Å². The van der Waals surface area contributed by atoms with Crippen LogP contribution in [0.2, 0.25) is 0 Å². The van der Waals surface area contributed by atoms with Crippen LogP contribution in [0.4, 0.5) is 0 Å². The average Bonchev–Trinajstić information content (AvgIpc) is 3.65. The molecule has 3 aromatic rings. The van der Waals surface area contributed by atoms with Crippen LogP contribution in [0, 0.1) is 11.8 Å². The third kappa shape index (κ3) is 8.80. The molecule has 3 aromatic carbocycles. The second-order valence-electron chi connectivity index (χ2n) is 12.7. The van der Waals surface area contributed by atoms with Crippen LogP contribution < -0.4 is 9.47 Å². The molecule has 0 bridgehead atoms. The van der Waals surface area contributed by atoms with E-state index in [0.29, 0.717) is 42.4 Å². The van der Waals surface area contributed by atoms with Crippen LogP contribution in [0.25, 0.3) is 0 Å². The van der Waals surface area contributed by atoms with Gasteiger partial charge >= 0.3 is 0 Å². The number of hydrogen-bond acceptors (Lipinski definition) is 6. The van der Waals surface area contributed by atoms with Crippen LogP contribution in [0.15, 0.2) is 92.4 Å². The highest BCUT2D eigenvalue weighted by Gasteiger charge is 2.45. The maximum atomic E-state index is 14.3. The van der Waals surface area contributed by atoms with Crippen LogP contribution in [0.5, 0.6) is 11.5 Å².